The molecule has 11 heteroatoms. The van der Waals surface area contributed by atoms with Gasteiger partial charge in [0.25, 0.3) is 5.89 Å². The minimum atomic E-state index is -3.67. The van der Waals surface area contributed by atoms with Gasteiger partial charge >= 0.3 is 16.6 Å². The zero-order valence-electron chi connectivity index (χ0n) is 12.4. The molecule has 1 saturated heterocycles. The highest BCUT2D eigenvalue weighted by Gasteiger charge is 2.24. The maximum absolute atomic E-state index is 12.4. The summed E-state index contributed by atoms with van der Waals surface area (Å²) in [5.74, 6) is -0.755. The van der Waals surface area contributed by atoms with Gasteiger partial charge in [0.15, 0.2) is 0 Å². The van der Waals surface area contributed by atoms with Gasteiger partial charge in [-0.15, -0.1) is 0 Å². The Balaban J connectivity index is 1.72. The second-order valence-electron chi connectivity index (χ2n) is 4.95. The molecule has 0 aliphatic carbocycles. The highest BCUT2D eigenvalue weighted by atomic mass is 32.2. The van der Waals surface area contributed by atoms with Crippen LogP contribution in [0, 0.1) is 0 Å². The van der Waals surface area contributed by atoms with Crippen molar-refractivity contribution in [3.05, 3.63) is 30.2 Å². The van der Waals surface area contributed by atoms with Gasteiger partial charge in [-0.2, -0.15) is 26.5 Å². The Bertz CT molecular complexity index is 789. The van der Waals surface area contributed by atoms with Crippen LogP contribution in [-0.4, -0.2) is 49.2 Å². The average molecular weight is 360 g/mol. The Hall–Kier alpha value is -2.11. The summed E-state index contributed by atoms with van der Waals surface area (Å²) < 4.78 is 62.6. The summed E-state index contributed by atoms with van der Waals surface area (Å²) in [6, 6.07) is 6.01. The van der Waals surface area contributed by atoms with E-state index < -0.39 is 22.5 Å². The monoisotopic (exact) mass is 360 g/mol. The molecule has 0 saturated carbocycles. The van der Waals surface area contributed by atoms with E-state index in [0.29, 0.717) is 24.5 Å². The normalized spacial score (nSPS) is 16.5. The topological polar surface area (TPSA) is 97.6 Å². The number of anilines is 1. The third-order valence-corrected chi connectivity index (χ3v) is 4.87. The van der Waals surface area contributed by atoms with Crippen molar-refractivity contribution in [3.8, 4) is 11.4 Å². The smallest absolute Gasteiger partial charge is 0.315 e. The number of aromatic nitrogens is 2. The third-order valence-electron chi connectivity index (χ3n) is 3.33. The van der Waals surface area contributed by atoms with Crippen LogP contribution in [0.5, 0.6) is 0 Å². The molecule has 2 aromatic rings. The zero-order valence-corrected chi connectivity index (χ0v) is 13.2. The molecule has 8 nitrogen and oxygen atoms in total. The molecule has 0 unspecified atom stereocenters. The molecule has 1 aromatic carbocycles. The van der Waals surface area contributed by atoms with Crippen molar-refractivity contribution in [2.24, 2.45) is 0 Å². The average Bonchev–Trinajstić information content (AvgIpc) is 3.06. The molecule has 0 spiro atoms. The number of hydrogen-bond donors (Lipinski definition) is 1. The molecule has 0 bridgehead atoms. The second kappa shape index (κ2) is 6.79. The molecule has 24 heavy (non-hydrogen) atoms. The van der Waals surface area contributed by atoms with E-state index in [-0.39, 0.29) is 18.9 Å². The van der Waals surface area contributed by atoms with Crippen LogP contribution in [0.15, 0.2) is 28.8 Å². The third kappa shape index (κ3) is 3.68. The van der Waals surface area contributed by atoms with Crippen molar-refractivity contribution < 1.29 is 26.5 Å². The van der Waals surface area contributed by atoms with Gasteiger partial charge in [-0.25, -0.2) is 0 Å². The Labute approximate surface area is 136 Å². The number of nitrogens with zero attached hydrogens (tertiary/aromatic N) is 3. The molecular formula is C13H14F2N4O4S. The van der Waals surface area contributed by atoms with E-state index >= 15 is 0 Å². The first-order valence-corrected chi connectivity index (χ1v) is 8.47. The molecule has 0 amide bonds. The number of ether oxygens (including phenoxy) is 1. The van der Waals surface area contributed by atoms with Gasteiger partial charge in [-0.05, 0) is 24.3 Å². The predicted molar refractivity (Wildman–Crippen MR) is 79.6 cm³/mol. The van der Waals surface area contributed by atoms with E-state index in [2.05, 4.69) is 19.4 Å². The molecule has 1 N–H and O–H groups in total. The fourth-order valence-corrected chi connectivity index (χ4v) is 3.32. The highest BCUT2D eigenvalue weighted by Crippen LogP contribution is 2.23. The number of nitrogens with one attached hydrogen (secondary N) is 1. The number of hydrogen-bond acceptors (Lipinski definition) is 6. The lowest BCUT2D eigenvalue weighted by atomic mass is 10.2. The van der Waals surface area contributed by atoms with Crippen LogP contribution in [0.3, 0.4) is 0 Å². The first kappa shape index (κ1) is 16.7. The van der Waals surface area contributed by atoms with E-state index in [9.17, 15) is 17.2 Å². The maximum atomic E-state index is 12.4. The maximum Gasteiger partial charge on any atom is 0.315 e. The molecule has 1 aliphatic rings. The van der Waals surface area contributed by atoms with E-state index in [4.69, 9.17) is 4.74 Å². The summed E-state index contributed by atoms with van der Waals surface area (Å²) in [4.78, 5) is 3.57. The van der Waals surface area contributed by atoms with Crippen molar-refractivity contribution in [2.75, 3.05) is 31.0 Å². The molecule has 0 atom stereocenters. The molecular weight excluding hydrogens is 346 g/mol. The molecule has 1 aliphatic heterocycles. The van der Waals surface area contributed by atoms with Gasteiger partial charge in [0, 0.05) is 24.3 Å². The van der Waals surface area contributed by atoms with Crippen molar-refractivity contribution >= 4 is 15.9 Å². The summed E-state index contributed by atoms with van der Waals surface area (Å²) in [7, 11) is -3.67. The zero-order chi connectivity index (χ0) is 17.2. The summed E-state index contributed by atoms with van der Waals surface area (Å²) in [6.07, 6.45) is -2.84. The van der Waals surface area contributed by atoms with Crippen LogP contribution in [0.2, 0.25) is 0 Å². The highest BCUT2D eigenvalue weighted by molar-refractivity contribution is 7.90. The fraction of sp³-hybridized carbons (Fsp3) is 0.385. The second-order valence-corrected chi connectivity index (χ2v) is 6.62. The lowest BCUT2D eigenvalue weighted by molar-refractivity contribution is 0.0733. The first-order valence-electron chi connectivity index (χ1n) is 7.03. The lowest BCUT2D eigenvalue weighted by Crippen LogP contribution is -2.43. The molecule has 0 radical (unpaired) electrons. The fourth-order valence-electron chi connectivity index (χ4n) is 2.13. The minimum Gasteiger partial charge on any atom is -0.379 e. The van der Waals surface area contributed by atoms with Crippen LogP contribution >= 0.6 is 0 Å². The molecule has 1 aromatic heterocycles. The van der Waals surface area contributed by atoms with Crippen LogP contribution < -0.4 is 4.72 Å². The van der Waals surface area contributed by atoms with Gasteiger partial charge in [0.2, 0.25) is 5.82 Å². The number of benzene rings is 1. The van der Waals surface area contributed by atoms with Crippen LogP contribution in [0.25, 0.3) is 11.4 Å². The largest absolute Gasteiger partial charge is 0.379 e. The van der Waals surface area contributed by atoms with Gasteiger partial charge in [0.1, 0.15) is 0 Å². The molecule has 130 valence electrons. The van der Waals surface area contributed by atoms with Crippen molar-refractivity contribution in [2.45, 2.75) is 6.43 Å². The van der Waals surface area contributed by atoms with E-state index in [0.717, 1.165) is 0 Å². The van der Waals surface area contributed by atoms with Crippen LogP contribution in [0.1, 0.15) is 12.3 Å². The Morgan fingerprint density at radius 3 is 2.42 bits per heavy atom. The van der Waals surface area contributed by atoms with Crippen molar-refractivity contribution in [1.29, 1.82) is 0 Å². The van der Waals surface area contributed by atoms with Crippen LogP contribution in [-0.2, 0) is 14.9 Å². The Kier molecular flexibility index (Phi) is 4.73. The van der Waals surface area contributed by atoms with E-state index in [1.807, 2.05) is 0 Å². The van der Waals surface area contributed by atoms with E-state index in [1.54, 1.807) is 0 Å². The standard InChI is InChI=1S/C13H14F2N4O4S/c14-11(15)13-16-12(17-23-13)9-1-3-10(4-2-9)18-24(20,21)19-5-7-22-8-6-19/h1-4,11,18H,5-8H2. The lowest BCUT2D eigenvalue weighted by Gasteiger charge is -2.26. The SMILES string of the molecule is O=S(=O)(Nc1ccc(-c2noc(C(F)F)n2)cc1)N1CCOCC1. The minimum absolute atomic E-state index is 0.00730. The van der Waals surface area contributed by atoms with Crippen molar-refractivity contribution in [1.82, 2.24) is 14.4 Å². The van der Waals surface area contributed by atoms with E-state index in [1.165, 1.54) is 28.6 Å². The molecule has 2 heterocycles. The first-order chi connectivity index (χ1) is 11.5. The summed E-state index contributed by atoms with van der Waals surface area (Å²) >= 11 is 0. The van der Waals surface area contributed by atoms with Crippen LogP contribution in [0.4, 0.5) is 14.5 Å². The van der Waals surface area contributed by atoms with Gasteiger partial charge in [-0.1, -0.05) is 5.16 Å². The Morgan fingerprint density at radius 2 is 1.83 bits per heavy atom. The predicted octanol–water partition coefficient (Wildman–Crippen LogP) is 1.66. The quantitative estimate of drug-likeness (QED) is 0.871. The summed E-state index contributed by atoms with van der Waals surface area (Å²) in [5, 5.41) is 3.46. The van der Waals surface area contributed by atoms with Gasteiger partial charge in [0.05, 0.1) is 13.2 Å². The number of halogens is 2. The summed E-state index contributed by atoms with van der Waals surface area (Å²) in [6.45, 7) is 1.27. The Morgan fingerprint density at radius 1 is 1.17 bits per heavy atom. The molecule has 1 fully saturated rings. The number of rotatable bonds is 5. The summed E-state index contributed by atoms with van der Waals surface area (Å²) in [5.41, 5.74) is 0.766. The van der Waals surface area contributed by atoms with Crippen molar-refractivity contribution in [3.63, 3.8) is 0 Å². The number of morpholine rings is 1. The van der Waals surface area contributed by atoms with Gasteiger partial charge < -0.3 is 9.26 Å². The molecule has 3 rings (SSSR count). The van der Waals surface area contributed by atoms with Gasteiger partial charge in [-0.3, -0.25) is 4.72 Å². The number of alkyl halides is 2.